The van der Waals surface area contributed by atoms with E-state index in [4.69, 9.17) is 4.74 Å². The number of carbonyl (C=O) groups excluding carboxylic acids is 1. The van der Waals surface area contributed by atoms with Gasteiger partial charge in [0.25, 0.3) is 0 Å². The third kappa shape index (κ3) is 4.27. The number of halogens is 1. The molecule has 0 spiro atoms. The molecule has 2 rings (SSSR count). The lowest BCUT2D eigenvalue weighted by Gasteiger charge is -2.03. The Morgan fingerprint density at radius 3 is 2.91 bits per heavy atom. The van der Waals surface area contributed by atoms with Gasteiger partial charge in [0.05, 0.1) is 12.8 Å². The minimum Gasteiger partial charge on any atom is -0.494 e. The van der Waals surface area contributed by atoms with E-state index in [0.717, 1.165) is 19.3 Å². The van der Waals surface area contributed by atoms with Crippen molar-refractivity contribution in [3.8, 4) is 17.0 Å². The summed E-state index contributed by atoms with van der Waals surface area (Å²) in [4.78, 5) is 16.1. The van der Waals surface area contributed by atoms with Gasteiger partial charge in [-0.1, -0.05) is 19.8 Å². The Morgan fingerprint density at radius 1 is 1.41 bits per heavy atom. The van der Waals surface area contributed by atoms with E-state index in [1.54, 1.807) is 17.5 Å². The summed E-state index contributed by atoms with van der Waals surface area (Å²) in [5, 5.41) is 5.11. The number of ether oxygens (including phenoxy) is 1. The van der Waals surface area contributed by atoms with Gasteiger partial charge in [-0.15, -0.1) is 11.3 Å². The van der Waals surface area contributed by atoms with Crippen LogP contribution in [0, 0.1) is 5.82 Å². The molecule has 0 aliphatic heterocycles. The van der Waals surface area contributed by atoms with Gasteiger partial charge in [-0.25, -0.2) is 9.37 Å². The highest BCUT2D eigenvalue weighted by molar-refractivity contribution is 7.14. The number of carbonyl (C=O) groups is 1. The van der Waals surface area contributed by atoms with Crippen LogP contribution in [0.3, 0.4) is 0 Å². The van der Waals surface area contributed by atoms with Gasteiger partial charge in [0.1, 0.15) is 0 Å². The summed E-state index contributed by atoms with van der Waals surface area (Å²) >= 11 is 1.33. The predicted octanol–water partition coefficient (Wildman–Crippen LogP) is 4.48. The number of aromatic nitrogens is 1. The first-order chi connectivity index (χ1) is 10.6. The maximum atomic E-state index is 13.7. The summed E-state index contributed by atoms with van der Waals surface area (Å²) in [6.45, 7) is 2.10. The summed E-state index contributed by atoms with van der Waals surface area (Å²) in [5.74, 6) is -0.267. The van der Waals surface area contributed by atoms with Crippen molar-refractivity contribution >= 4 is 22.4 Å². The van der Waals surface area contributed by atoms with Gasteiger partial charge in [0.15, 0.2) is 16.7 Å². The molecule has 0 fully saturated rings. The lowest BCUT2D eigenvalue weighted by molar-refractivity contribution is -0.116. The highest BCUT2D eigenvalue weighted by atomic mass is 32.1. The third-order valence-corrected chi connectivity index (χ3v) is 3.96. The molecule has 1 aromatic carbocycles. The standard InChI is InChI=1S/C16H19FN2O2S/c1-3-4-5-6-15(20)19-16-18-13(10-22-16)11-7-8-14(21-2)12(17)9-11/h7-10H,3-6H2,1-2H3,(H,18,19,20). The van der Waals surface area contributed by atoms with Gasteiger partial charge < -0.3 is 10.1 Å². The minimum atomic E-state index is -0.432. The second kappa shape index (κ2) is 7.89. The number of unbranched alkanes of at least 4 members (excludes halogenated alkanes) is 2. The van der Waals surface area contributed by atoms with Crippen molar-refractivity contribution in [2.75, 3.05) is 12.4 Å². The third-order valence-electron chi connectivity index (χ3n) is 3.21. The van der Waals surface area contributed by atoms with Crippen molar-refractivity contribution in [1.29, 1.82) is 0 Å². The molecule has 22 heavy (non-hydrogen) atoms. The van der Waals surface area contributed by atoms with E-state index in [-0.39, 0.29) is 11.7 Å². The zero-order valence-electron chi connectivity index (χ0n) is 12.7. The maximum Gasteiger partial charge on any atom is 0.226 e. The van der Waals surface area contributed by atoms with Gasteiger partial charge in [-0.2, -0.15) is 0 Å². The van der Waals surface area contributed by atoms with Crippen molar-refractivity contribution in [3.05, 3.63) is 29.4 Å². The summed E-state index contributed by atoms with van der Waals surface area (Å²) in [7, 11) is 1.42. The molecule has 1 N–H and O–H groups in total. The number of nitrogens with zero attached hydrogens (tertiary/aromatic N) is 1. The number of rotatable bonds is 7. The second-order valence-corrected chi connectivity index (χ2v) is 5.75. The molecule has 0 aliphatic rings. The summed E-state index contributed by atoms with van der Waals surface area (Å²) in [6, 6.07) is 4.68. The van der Waals surface area contributed by atoms with Crippen molar-refractivity contribution in [2.45, 2.75) is 32.6 Å². The molecule has 0 radical (unpaired) electrons. The quantitative estimate of drug-likeness (QED) is 0.765. The predicted molar refractivity (Wildman–Crippen MR) is 86.8 cm³/mol. The second-order valence-electron chi connectivity index (χ2n) is 4.89. The average molecular weight is 322 g/mol. The Hall–Kier alpha value is -1.95. The molecular formula is C16H19FN2O2S. The lowest BCUT2D eigenvalue weighted by Crippen LogP contribution is -2.10. The molecule has 4 nitrogen and oxygen atoms in total. The number of thiazole rings is 1. The first-order valence-electron chi connectivity index (χ1n) is 7.23. The van der Waals surface area contributed by atoms with Crippen LogP contribution in [0.25, 0.3) is 11.3 Å². The Morgan fingerprint density at radius 2 is 2.23 bits per heavy atom. The Kier molecular flexibility index (Phi) is 5.89. The van der Waals surface area contributed by atoms with E-state index < -0.39 is 5.82 Å². The number of hydrogen-bond acceptors (Lipinski definition) is 4. The van der Waals surface area contributed by atoms with Crippen molar-refractivity contribution in [3.63, 3.8) is 0 Å². The molecule has 118 valence electrons. The van der Waals surface area contributed by atoms with E-state index in [1.165, 1.54) is 24.5 Å². The number of hydrogen-bond donors (Lipinski definition) is 1. The van der Waals surface area contributed by atoms with Crippen LogP contribution in [0.4, 0.5) is 9.52 Å². The lowest BCUT2D eigenvalue weighted by atomic mass is 10.1. The fraction of sp³-hybridized carbons (Fsp3) is 0.375. The molecule has 0 saturated heterocycles. The molecule has 0 saturated carbocycles. The van der Waals surface area contributed by atoms with Crippen LogP contribution in [-0.4, -0.2) is 18.0 Å². The highest BCUT2D eigenvalue weighted by Crippen LogP contribution is 2.28. The molecule has 1 heterocycles. The minimum absolute atomic E-state index is 0.0322. The van der Waals surface area contributed by atoms with E-state index >= 15 is 0 Å². The highest BCUT2D eigenvalue weighted by Gasteiger charge is 2.10. The van der Waals surface area contributed by atoms with Crippen LogP contribution in [0.15, 0.2) is 23.6 Å². The van der Waals surface area contributed by atoms with E-state index in [9.17, 15) is 9.18 Å². The van der Waals surface area contributed by atoms with Gasteiger partial charge in [-0.05, 0) is 24.6 Å². The topological polar surface area (TPSA) is 51.2 Å². The van der Waals surface area contributed by atoms with Crippen LogP contribution in [0.5, 0.6) is 5.75 Å². The Labute approximate surface area is 133 Å². The zero-order valence-corrected chi connectivity index (χ0v) is 13.5. The van der Waals surface area contributed by atoms with E-state index in [1.807, 2.05) is 0 Å². The molecule has 0 aliphatic carbocycles. The fourth-order valence-electron chi connectivity index (χ4n) is 2.01. The zero-order chi connectivity index (χ0) is 15.9. The van der Waals surface area contributed by atoms with Crippen LogP contribution < -0.4 is 10.1 Å². The number of nitrogens with one attached hydrogen (secondary N) is 1. The van der Waals surface area contributed by atoms with Crippen LogP contribution in [0.1, 0.15) is 32.6 Å². The van der Waals surface area contributed by atoms with Crippen LogP contribution in [-0.2, 0) is 4.79 Å². The maximum absolute atomic E-state index is 13.7. The van der Waals surface area contributed by atoms with Gasteiger partial charge >= 0.3 is 0 Å². The van der Waals surface area contributed by atoms with Gasteiger partial charge in [0, 0.05) is 17.4 Å². The van der Waals surface area contributed by atoms with E-state index in [0.29, 0.717) is 22.8 Å². The van der Waals surface area contributed by atoms with Crippen molar-refractivity contribution in [2.24, 2.45) is 0 Å². The first-order valence-corrected chi connectivity index (χ1v) is 8.11. The fourth-order valence-corrected chi connectivity index (χ4v) is 2.74. The monoisotopic (exact) mass is 322 g/mol. The Bertz CT molecular complexity index is 643. The summed E-state index contributed by atoms with van der Waals surface area (Å²) in [6.07, 6.45) is 3.50. The average Bonchev–Trinajstić information content (AvgIpc) is 2.96. The SMILES string of the molecule is CCCCCC(=O)Nc1nc(-c2ccc(OC)c(F)c2)cs1. The normalized spacial score (nSPS) is 10.5. The molecule has 0 unspecified atom stereocenters. The summed E-state index contributed by atoms with van der Waals surface area (Å²) < 4.78 is 18.6. The molecule has 0 atom stereocenters. The largest absolute Gasteiger partial charge is 0.494 e. The Balaban J connectivity index is 2.02. The molecule has 2 aromatic rings. The first kappa shape index (κ1) is 16.4. The van der Waals surface area contributed by atoms with Gasteiger partial charge in [0.2, 0.25) is 5.91 Å². The van der Waals surface area contributed by atoms with Crippen molar-refractivity contribution < 1.29 is 13.9 Å². The van der Waals surface area contributed by atoms with E-state index in [2.05, 4.69) is 17.2 Å². The molecule has 1 aromatic heterocycles. The van der Waals surface area contributed by atoms with Crippen molar-refractivity contribution in [1.82, 2.24) is 4.98 Å². The number of methoxy groups -OCH3 is 1. The molecule has 1 amide bonds. The van der Waals surface area contributed by atoms with Crippen LogP contribution >= 0.6 is 11.3 Å². The van der Waals surface area contributed by atoms with Crippen LogP contribution in [0.2, 0.25) is 0 Å². The summed E-state index contributed by atoms with van der Waals surface area (Å²) in [5.41, 5.74) is 1.29. The molecule has 6 heteroatoms. The smallest absolute Gasteiger partial charge is 0.226 e. The number of anilines is 1. The number of amides is 1. The molecule has 0 bridgehead atoms. The molecular weight excluding hydrogens is 303 g/mol. The number of benzene rings is 1. The van der Waals surface area contributed by atoms with Gasteiger partial charge in [-0.3, -0.25) is 4.79 Å².